The van der Waals surface area contributed by atoms with Gasteiger partial charge in [-0.3, -0.25) is 0 Å². The van der Waals surface area contributed by atoms with Crippen LogP contribution < -0.4 is 0 Å². The van der Waals surface area contributed by atoms with Crippen molar-refractivity contribution in [3.05, 3.63) is 23.8 Å². The first-order valence-electron chi connectivity index (χ1n) is 2.90. The fourth-order valence-corrected chi connectivity index (χ4v) is 0.936. The van der Waals surface area contributed by atoms with Crippen molar-refractivity contribution in [2.45, 2.75) is 12.6 Å². The molecule has 0 N–H and O–H groups in total. The Balaban J connectivity index is 2.52. The molecular formula is C7H8ClF. The second kappa shape index (κ2) is 3.02. The Morgan fingerprint density at radius 3 is 3.00 bits per heavy atom. The Kier molecular flexibility index (Phi) is 2.29. The third-order valence-electron chi connectivity index (χ3n) is 1.28. The number of rotatable bonds is 1. The van der Waals surface area contributed by atoms with Gasteiger partial charge in [-0.25, -0.2) is 4.39 Å². The molecule has 9 heavy (non-hydrogen) atoms. The molecule has 0 saturated heterocycles. The standard InChI is InChI=1S/C7H8ClF/c8-5-6-1-3-7(9)4-2-6/h1-3,7H,4-5H2. The molecule has 50 valence electrons. The highest BCUT2D eigenvalue weighted by Crippen LogP contribution is 2.13. The van der Waals surface area contributed by atoms with E-state index in [0.29, 0.717) is 12.3 Å². The number of alkyl halides is 2. The average molecular weight is 147 g/mol. The Hall–Kier alpha value is -0.300. The molecule has 0 nitrogen and oxygen atoms in total. The van der Waals surface area contributed by atoms with E-state index in [1.165, 1.54) is 6.08 Å². The van der Waals surface area contributed by atoms with Gasteiger partial charge in [0, 0.05) is 12.3 Å². The van der Waals surface area contributed by atoms with Gasteiger partial charge in [0.1, 0.15) is 6.17 Å². The second-order valence-electron chi connectivity index (χ2n) is 2.02. The molecule has 0 bridgehead atoms. The number of halogens is 2. The first-order chi connectivity index (χ1) is 4.33. The highest BCUT2D eigenvalue weighted by molar-refractivity contribution is 6.19. The summed E-state index contributed by atoms with van der Waals surface area (Å²) in [4.78, 5) is 0. The molecule has 0 spiro atoms. The number of allylic oxidation sites excluding steroid dienone is 4. The predicted molar refractivity (Wildman–Crippen MR) is 37.5 cm³/mol. The predicted octanol–water partition coefficient (Wildman–Crippen LogP) is 2.45. The lowest BCUT2D eigenvalue weighted by atomic mass is 10.1. The normalized spacial score (nSPS) is 26.0. The van der Waals surface area contributed by atoms with Crippen molar-refractivity contribution < 1.29 is 4.39 Å². The third-order valence-corrected chi connectivity index (χ3v) is 1.59. The highest BCUT2D eigenvalue weighted by Gasteiger charge is 2.04. The summed E-state index contributed by atoms with van der Waals surface area (Å²) in [5, 5.41) is 0. The molecule has 0 radical (unpaired) electrons. The zero-order chi connectivity index (χ0) is 6.69. The van der Waals surface area contributed by atoms with E-state index in [1.807, 2.05) is 6.08 Å². The smallest absolute Gasteiger partial charge is 0.122 e. The van der Waals surface area contributed by atoms with Crippen LogP contribution in [-0.2, 0) is 0 Å². The van der Waals surface area contributed by atoms with Gasteiger partial charge in [-0.05, 0) is 5.57 Å². The average Bonchev–Trinajstić information content (AvgIpc) is 1.90. The molecule has 0 aliphatic heterocycles. The van der Waals surface area contributed by atoms with Gasteiger partial charge in [-0.15, -0.1) is 11.6 Å². The summed E-state index contributed by atoms with van der Waals surface area (Å²) < 4.78 is 12.3. The van der Waals surface area contributed by atoms with Crippen LogP contribution in [0.15, 0.2) is 23.8 Å². The third kappa shape index (κ3) is 1.83. The monoisotopic (exact) mass is 146 g/mol. The fourth-order valence-electron chi connectivity index (χ4n) is 0.738. The van der Waals surface area contributed by atoms with Gasteiger partial charge in [0.2, 0.25) is 0 Å². The molecule has 1 aliphatic carbocycles. The lowest BCUT2D eigenvalue weighted by molar-refractivity contribution is 0.400. The lowest BCUT2D eigenvalue weighted by Crippen LogP contribution is -1.98. The van der Waals surface area contributed by atoms with Crippen molar-refractivity contribution in [3.63, 3.8) is 0 Å². The molecular weight excluding hydrogens is 139 g/mol. The molecule has 0 aromatic rings. The van der Waals surface area contributed by atoms with Crippen LogP contribution in [0.2, 0.25) is 0 Å². The molecule has 0 saturated carbocycles. The second-order valence-corrected chi connectivity index (χ2v) is 2.29. The van der Waals surface area contributed by atoms with Crippen LogP contribution in [0.25, 0.3) is 0 Å². The SMILES string of the molecule is FC1C=CC(CCl)=CC1. The summed E-state index contributed by atoms with van der Waals surface area (Å²) in [6, 6.07) is 0. The number of hydrogen-bond acceptors (Lipinski definition) is 0. The quantitative estimate of drug-likeness (QED) is 0.499. The summed E-state index contributed by atoms with van der Waals surface area (Å²) in [6.45, 7) is 0. The summed E-state index contributed by atoms with van der Waals surface area (Å²) in [5.41, 5.74) is 1.02. The minimum absolute atomic E-state index is 0.485. The highest BCUT2D eigenvalue weighted by atomic mass is 35.5. The van der Waals surface area contributed by atoms with Crippen molar-refractivity contribution in [1.82, 2.24) is 0 Å². The van der Waals surface area contributed by atoms with Crippen molar-refractivity contribution in [2.75, 3.05) is 5.88 Å². The van der Waals surface area contributed by atoms with Gasteiger partial charge < -0.3 is 0 Å². The van der Waals surface area contributed by atoms with Crippen molar-refractivity contribution >= 4 is 11.6 Å². The zero-order valence-electron chi connectivity index (χ0n) is 4.98. The van der Waals surface area contributed by atoms with Crippen molar-refractivity contribution in [1.29, 1.82) is 0 Å². The summed E-state index contributed by atoms with van der Waals surface area (Å²) in [6.07, 6.45) is 4.80. The molecule has 0 aromatic carbocycles. The van der Waals surface area contributed by atoms with Gasteiger partial charge in [0.05, 0.1) is 0 Å². The molecule has 1 aliphatic rings. The van der Waals surface area contributed by atoms with Crippen LogP contribution in [-0.4, -0.2) is 12.1 Å². The van der Waals surface area contributed by atoms with Crippen LogP contribution in [0, 0.1) is 0 Å². The molecule has 1 unspecified atom stereocenters. The molecule has 0 aromatic heterocycles. The summed E-state index contributed by atoms with van der Waals surface area (Å²) >= 11 is 5.49. The minimum Gasteiger partial charge on any atom is -0.243 e. The van der Waals surface area contributed by atoms with E-state index in [2.05, 4.69) is 0 Å². The fraction of sp³-hybridized carbons (Fsp3) is 0.429. The van der Waals surface area contributed by atoms with E-state index in [9.17, 15) is 4.39 Å². The molecule has 0 fully saturated rings. The Labute approximate surface area is 59.0 Å². The van der Waals surface area contributed by atoms with Crippen LogP contribution in [0.3, 0.4) is 0 Å². The van der Waals surface area contributed by atoms with E-state index in [-0.39, 0.29) is 0 Å². The van der Waals surface area contributed by atoms with Gasteiger partial charge in [-0.2, -0.15) is 0 Å². The molecule has 2 heteroatoms. The van der Waals surface area contributed by atoms with E-state index >= 15 is 0 Å². The van der Waals surface area contributed by atoms with E-state index < -0.39 is 6.17 Å². The van der Waals surface area contributed by atoms with Gasteiger partial charge in [0.15, 0.2) is 0 Å². The van der Waals surface area contributed by atoms with Crippen LogP contribution in [0.1, 0.15) is 6.42 Å². The Morgan fingerprint density at radius 2 is 2.56 bits per heavy atom. The largest absolute Gasteiger partial charge is 0.243 e. The van der Waals surface area contributed by atoms with Gasteiger partial charge >= 0.3 is 0 Å². The van der Waals surface area contributed by atoms with E-state index in [1.54, 1.807) is 6.08 Å². The molecule has 0 amide bonds. The maximum absolute atomic E-state index is 12.3. The topological polar surface area (TPSA) is 0 Å². The Bertz CT molecular complexity index is 149. The van der Waals surface area contributed by atoms with Crippen LogP contribution in [0.4, 0.5) is 4.39 Å². The summed E-state index contributed by atoms with van der Waals surface area (Å²) in [7, 11) is 0. The maximum Gasteiger partial charge on any atom is 0.122 e. The van der Waals surface area contributed by atoms with Crippen molar-refractivity contribution in [2.24, 2.45) is 0 Å². The molecule has 1 atom stereocenters. The van der Waals surface area contributed by atoms with E-state index in [4.69, 9.17) is 11.6 Å². The van der Waals surface area contributed by atoms with Gasteiger partial charge in [-0.1, -0.05) is 18.2 Å². The van der Waals surface area contributed by atoms with Crippen LogP contribution in [0.5, 0.6) is 0 Å². The van der Waals surface area contributed by atoms with Crippen LogP contribution >= 0.6 is 11.6 Å². The first-order valence-corrected chi connectivity index (χ1v) is 3.43. The van der Waals surface area contributed by atoms with Crippen molar-refractivity contribution in [3.8, 4) is 0 Å². The summed E-state index contributed by atoms with van der Waals surface area (Å²) in [5.74, 6) is 0.489. The van der Waals surface area contributed by atoms with Gasteiger partial charge in [0.25, 0.3) is 0 Å². The number of hydrogen-bond donors (Lipinski definition) is 0. The minimum atomic E-state index is -0.794. The Morgan fingerprint density at radius 1 is 1.78 bits per heavy atom. The first kappa shape index (κ1) is 6.81. The molecule has 1 rings (SSSR count). The van der Waals surface area contributed by atoms with E-state index in [0.717, 1.165) is 5.57 Å². The lowest BCUT2D eigenvalue weighted by Gasteiger charge is -2.05. The zero-order valence-corrected chi connectivity index (χ0v) is 5.74. The molecule has 0 heterocycles. The maximum atomic E-state index is 12.3.